The first kappa shape index (κ1) is 25.5. The average Bonchev–Trinajstić information content (AvgIpc) is 2.86. The number of aryl methyl sites for hydroxylation is 3. The Balaban J connectivity index is 0.00000420. The van der Waals surface area contributed by atoms with Crippen LogP contribution in [-0.4, -0.2) is 34.9 Å². The van der Waals surface area contributed by atoms with E-state index in [0.29, 0.717) is 0 Å². The Hall–Kier alpha value is -1.57. The van der Waals surface area contributed by atoms with Crippen molar-refractivity contribution in [1.82, 2.24) is 20.4 Å². The highest BCUT2D eigenvalue weighted by Gasteiger charge is 2.21. The van der Waals surface area contributed by atoms with Crippen molar-refractivity contribution >= 4 is 29.9 Å². The lowest BCUT2D eigenvalue weighted by Gasteiger charge is -2.25. The molecule has 1 heterocycles. The van der Waals surface area contributed by atoms with Gasteiger partial charge in [-0.25, -0.2) is 0 Å². The molecule has 162 valence electrons. The molecule has 0 aliphatic rings. The number of nitrogens with zero attached hydrogens (tertiary/aromatic N) is 3. The van der Waals surface area contributed by atoms with Crippen LogP contribution in [0.4, 0.5) is 0 Å². The molecule has 29 heavy (non-hydrogen) atoms. The predicted molar refractivity (Wildman–Crippen MR) is 135 cm³/mol. The quantitative estimate of drug-likeness (QED) is 0.329. The maximum Gasteiger partial charge on any atom is 0.191 e. The molecule has 0 fully saturated rings. The maximum atomic E-state index is 4.90. The van der Waals surface area contributed by atoms with E-state index in [-0.39, 0.29) is 35.4 Å². The van der Waals surface area contributed by atoms with Gasteiger partial charge >= 0.3 is 0 Å². The highest BCUT2D eigenvalue weighted by Crippen LogP contribution is 2.24. The van der Waals surface area contributed by atoms with Crippen LogP contribution in [0, 0.1) is 20.8 Å². The number of aliphatic imine (C=N–C) groups is 1. The minimum absolute atomic E-state index is 0. The Morgan fingerprint density at radius 3 is 2.48 bits per heavy atom. The van der Waals surface area contributed by atoms with Gasteiger partial charge in [-0.15, -0.1) is 24.0 Å². The first-order valence-electron chi connectivity index (χ1n) is 10.2. The molecule has 5 nitrogen and oxygen atoms in total. The third-order valence-electron chi connectivity index (χ3n) is 5.33. The van der Waals surface area contributed by atoms with Gasteiger partial charge in [-0.2, -0.15) is 5.10 Å². The smallest absolute Gasteiger partial charge is 0.191 e. The molecule has 0 aliphatic carbocycles. The van der Waals surface area contributed by atoms with Gasteiger partial charge in [0.15, 0.2) is 5.96 Å². The van der Waals surface area contributed by atoms with Crippen LogP contribution in [0.15, 0.2) is 29.3 Å². The second-order valence-corrected chi connectivity index (χ2v) is 8.47. The third-order valence-corrected chi connectivity index (χ3v) is 5.33. The van der Waals surface area contributed by atoms with Gasteiger partial charge < -0.3 is 10.6 Å². The molecule has 0 saturated carbocycles. The minimum atomic E-state index is -0.0197. The van der Waals surface area contributed by atoms with Crippen molar-refractivity contribution in [3.63, 3.8) is 0 Å². The van der Waals surface area contributed by atoms with Crippen molar-refractivity contribution in [3.8, 4) is 0 Å². The molecule has 2 aromatic rings. The van der Waals surface area contributed by atoms with E-state index in [1.807, 2.05) is 11.7 Å². The summed E-state index contributed by atoms with van der Waals surface area (Å²) in [5, 5.41) is 11.5. The first-order chi connectivity index (χ1) is 13.1. The van der Waals surface area contributed by atoms with E-state index >= 15 is 0 Å². The summed E-state index contributed by atoms with van der Waals surface area (Å²) >= 11 is 0. The Bertz CT molecular complexity index is 823. The van der Waals surface area contributed by atoms with Crippen LogP contribution in [0.1, 0.15) is 55.8 Å². The zero-order valence-electron chi connectivity index (χ0n) is 19.3. The van der Waals surface area contributed by atoms with E-state index in [2.05, 4.69) is 88.5 Å². The van der Waals surface area contributed by atoms with Crippen molar-refractivity contribution in [2.45, 2.75) is 66.3 Å². The van der Waals surface area contributed by atoms with Gasteiger partial charge in [-0.05, 0) is 52.2 Å². The molecular weight excluding hydrogens is 473 g/mol. The fraction of sp³-hybridized carbons (Fsp3) is 0.565. The molecule has 0 bridgehead atoms. The Morgan fingerprint density at radius 1 is 1.24 bits per heavy atom. The van der Waals surface area contributed by atoms with E-state index in [9.17, 15) is 0 Å². The zero-order chi connectivity index (χ0) is 20.9. The summed E-state index contributed by atoms with van der Waals surface area (Å²) in [7, 11) is 2.00. The largest absolute Gasteiger partial charge is 0.357 e. The molecule has 6 heteroatoms. The number of halogens is 1. The molecule has 0 aliphatic heterocycles. The standard InChI is InChI=1S/C23H37N5.HI/c1-9-24-22(25-15-23(6,7)20-12-10-11-16(2)13-20)26-17(3)14-21-18(4)27-28(8)19(21)5;/h10-13,17H,9,14-15H2,1-8H3,(H2,24,25,26);1H. The van der Waals surface area contributed by atoms with Gasteiger partial charge in [0.2, 0.25) is 0 Å². The van der Waals surface area contributed by atoms with Crippen LogP contribution in [0.2, 0.25) is 0 Å². The molecular formula is C23H38IN5. The highest BCUT2D eigenvalue weighted by molar-refractivity contribution is 14.0. The van der Waals surface area contributed by atoms with Crippen LogP contribution in [-0.2, 0) is 18.9 Å². The van der Waals surface area contributed by atoms with Gasteiger partial charge in [0.05, 0.1) is 12.2 Å². The molecule has 0 spiro atoms. The van der Waals surface area contributed by atoms with E-state index in [4.69, 9.17) is 4.99 Å². The van der Waals surface area contributed by atoms with Gasteiger partial charge in [-0.1, -0.05) is 43.7 Å². The third kappa shape index (κ3) is 7.01. The van der Waals surface area contributed by atoms with E-state index in [1.54, 1.807) is 0 Å². The van der Waals surface area contributed by atoms with Crippen LogP contribution < -0.4 is 10.6 Å². The second kappa shape index (κ2) is 11.0. The Labute approximate surface area is 193 Å². The van der Waals surface area contributed by atoms with Gasteiger partial charge in [-0.3, -0.25) is 9.67 Å². The highest BCUT2D eigenvalue weighted by atomic mass is 127. The summed E-state index contributed by atoms with van der Waals surface area (Å²) in [5.41, 5.74) is 6.24. The van der Waals surface area contributed by atoms with E-state index in [0.717, 1.165) is 31.2 Å². The molecule has 0 radical (unpaired) electrons. The van der Waals surface area contributed by atoms with Gasteiger partial charge in [0.25, 0.3) is 0 Å². The lowest BCUT2D eigenvalue weighted by molar-refractivity contribution is 0.534. The van der Waals surface area contributed by atoms with Crippen molar-refractivity contribution in [3.05, 3.63) is 52.3 Å². The maximum absolute atomic E-state index is 4.90. The Morgan fingerprint density at radius 2 is 1.93 bits per heavy atom. The second-order valence-electron chi connectivity index (χ2n) is 8.47. The monoisotopic (exact) mass is 511 g/mol. The van der Waals surface area contributed by atoms with E-state index < -0.39 is 0 Å². The number of guanidine groups is 1. The number of benzene rings is 1. The lowest BCUT2D eigenvalue weighted by Crippen LogP contribution is -2.43. The predicted octanol–water partition coefficient (Wildman–Crippen LogP) is 4.43. The van der Waals surface area contributed by atoms with Crippen LogP contribution in [0.3, 0.4) is 0 Å². The summed E-state index contributed by atoms with van der Waals surface area (Å²) < 4.78 is 1.96. The fourth-order valence-corrected chi connectivity index (χ4v) is 3.46. The summed E-state index contributed by atoms with van der Waals surface area (Å²) in [6, 6.07) is 8.98. The summed E-state index contributed by atoms with van der Waals surface area (Å²) in [5.74, 6) is 0.870. The Kier molecular flexibility index (Phi) is 9.65. The van der Waals surface area contributed by atoms with Crippen LogP contribution >= 0.6 is 24.0 Å². The molecule has 1 unspecified atom stereocenters. The fourth-order valence-electron chi connectivity index (χ4n) is 3.46. The number of hydrogen-bond acceptors (Lipinski definition) is 2. The SMILES string of the molecule is CCNC(=NCC(C)(C)c1cccc(C)c1)NC(C)Cc1c(C)nn(C)c1C.I. The van der Waals surface area contributed by atoms with Gasteiger partial charge in [0, 0.05) is 30.7 Å². The summed E-state index contributed by atoms with van der Waals surface area (Å²) in [4.78, 5) is 4.90. The first-order valence-corrected chi connectivity index (χ1v) is 10.2. The molecule has 0 amide bonds. The number of aromatic nitrogens is 2. The van der Waals surface area contributed by atoms with Crippen molar-refractivity contribution in [1.29, 1.82) is 0 Å². The van der Waals surface area contributed by atoms with Gasteiger partial charge in [0.1, 0.15) is 0 Å². The van der Waals surface area contributed by atoms with Crippen molar-refractivity contribution in [2.75, 3.05) is 13.1 Å². The van der Waals surface area contributed by atoms with Crippen LogP contribution in [0.25, 0.3) is 0 Å². The minimum Gasteiger partial charge on any atom is -0.357 e. The van der Waals surface area contributed by atoms with Crippen molar-refractivity contribution < 1.29 is 0 Å². The molecule has 1 aromatic heterocycles. The average molecular weight is 511 g/mol. The van der Waals surface area contributed by atoms with Crippen LogP contribution in [0.5, 0.6) is 0 Å². The molecule has 1 atom stereocenters. The topological polar surface area (TPSA) is 54.2 Å². The number of nitrogens with one attached hydrogen (secondary N) is 2. The lowest BCUT2D eigenvalue weighted by atomic mass is 9.84. The molecule has 1 aromatic carbocycles. The molecule has 2 rings (SSSR count). The summed E-state index contributed by atoms with van der Waals surface area (Å²) in [6.45, 7) is 16.7. The molecule has 0 saturated heterocycles. The number of hydrogen-bond donors (Lipinski definition) is 2. The normalized spacial score (nSPS) is 13.0. The van der Waals surface area contributed by atoms with Crippen molar-refractivity contribution in [2.24, 2.45) is 12.0 Å². The number of rotatable bonds is 7. The zero-order valence-corrected chi connectivity index (χ0v) is 21.6. The molecule has 2 N–H and O–H groups in total. The summed E-state index contributed by atoms with van der Waals surface area (Å²) in [6.07, 6.45) is 0.928. The van der Waals surface area contributed by atoms with E-state index in [1.165, 1.54) is 22.4 Å².